The van der Waals surface area contributed by atoms with Crippen LogP contribution in [0.25, 0.3) is 0 Å². The third-order valence-electron chi connectivity index (χ3n) is 1.42. The Balaban J connectivity index is 4.62. The predicted molar refractivity (Wildman–Crippen MR) is 30.9 cm³/mol. The molecule has 0 bridgehead atoms. The fraction of sp³-hybridized carbons (Fsp3) is 1.00. The maximum Gasteiger partial charge on any atom is 0.392 e. The first-order chi connectivity index (χ1) is 6.31. The van der Waals surface area contributed by atoms with Crippen LogP contribution in [0.2, 0.25) is 0 Å². The smallest absolute Gasteiger partial charge is 0.171 e. The van der Waals surface area contributed by atoms with E-state index in [0.717, 1.165) is 0 Å². The minimum atomic E-state index is -5.51. The van der Waals surface area contributed by atoms with Gasteiger partial charge in [0, 0.05) is 0 Å². The third-order valence-corrected chi connectivity index (χ3v) is 1.42. The second-order valence-electron chi connectivity index (χ2n) is 2.88. The molecule has 0 aromatic heterocycles. The molecular formula is C6H5F9. The van der Waals surface area contributed by atoms with Gasteiger partial charge in [0.2, 0.25) is 0 Å². The van der Waals surface area contributed by atoms with Gasteiger partial charge in [0.25, 0.3) is 0 Å². The van der Waals surface area contributed by atoms with Crippen LogP contribution in [0.1, 0.15) is 12.8 Å². The summed E-state index contributed by atoms with van der Waals surface area (Å²) < 4.78 is 105. The van der Waals surface area contributed by atoms with Crippen molar-refractivity contribution in [3.8, 4) is 0 Å². The van der Waals surface area contributed by atoms with E-state index >= 15 is 0 Å². The summed E-state index contributed by atoms with van der Waals surface area (Å²) in [6.07, 6.45) is -21.1. The zero-order valence-corrected chi connectivity index (χ0v) is 6.89. The van der Waals surface area contributed by atoms with Gasteiger partial charge in [0.15, 0.2) is 0 Å². The molecule has 0 fully saturated rings. The summed E-state index contributed by atoms with van der Waals surface area (Å²) >= 11 is 0. The molecule has 0 nitrogen and oxygen atoms in total. The van der Waals surface area contributed by atoms with Crippen LogP contribution in [-0.4, -0.2) is 18.5 Å². The molecule has 0 N–H and O–H groups in total. The lowest BCUT2D eigenvalue weighted by molar-refractivity contribution is -0.247. The van der Waals surface area contributed by atoms with Gasteiger partial charge >= 0.3 is 18.5 Å². The maximum absolute atomic E-state index is 11.8. The Morgan fingerprint density at radius 3 is 1.00 bits per heavy atom. The van der Waals surface area contributed by atoms with Gasteiger partial charge < -0.3 is 0 Å². The molecular weight excluding hydrogens is 243 g/mol. The van der Waals surface area contributed by atoms with Gasteiger partial charge in [-0.2, -0.15) is 39.5 Å². The maximum atomic E-state index is 11.8. The zero-order valence-electron chi connectivity index (χ0n) is 6.89. The minimum Gasteiger partial charge on any atom is -0.171 e. The van der Waals surface area contributed by atoms with Gasteiger partial charge in [-0.05, 0) is 0 Å². The number of hydrogen-bond acceptors (Lipinski definition) is 0. The van der Waals surface area contributed by atoms with Crippen molar-refractivity contribution >= 4 is 0 Å². The van der Waals surface area contributed by atoms with Gasteiger partial charge in [0.1, 0.15) is 0 Å². The molecule has 0 saturated carbocycles. The van der Waals surface area contributed by atoms with Crippen molar-refractivity contribution in [2.75, 3.05) is 0 Å². The highest BCUT2D eigenvalue weighted by molar-refractivity contribution is 4.74. The van der Waals surface area contributed by atoms with Crippen molar-refractivity contribution in [3.05, 3.63) is 0 Å². The molecule has 0 aromatic rings. The van der Waals surface area contributed by atoms with Crippen LogP contribution in [-0.2, 0) is 0 Å². The van der Waals surface area contributed by atoms with Gasteiger partial charge in [-0.3, -0.25) is 0 Å². The van der Waals surface area contributed by atoms with Crippen LogP contribution < -0.4 is 0 Å². The van der Waals surface area contributed by atoms with E-state index in [0.29, 0.717) is 0 Å². The molecule has 0 spiro atoms. The quantitative estimate of drug-likeness (QED) is 0.646. The van der Waals surface area contributed by atoms with E-state index in [9.17, 15) is 39.5 Å². The third kappa shape index (κ3) is 7.32. The summed E-state index contributed by atoms with van der Waals surface area (Å²) in [5, 5.41) is 0. The van der Waals surface area contributed by atoms with Gasteiger partial charge in [0.05, 0.1) is 18.8 Å². The van der Waals surface area contributed by atoms with E-state index in [-0.39, 0.29) is 0 Å². The van der Waals surface area contributed by atoms with Crippen LogP contribution in [0.5, 0.6) is 0 Å². The molecule has 0 radical (unpaired) electrons. The first-order valence-electron chi connectivity index (χ1n) is 3.51. The van der Waals surface area contributed by atoms with E-state index in [1.807, 2.05) is 0 Å². The molecule has 0 rings (SSSR count). The van der Waals surface area contributed by atoms with Crippen molar-refractivity contribution in [3.63, 3.8) is 0 Å². The fourth-order valence-electron chi connectivity index (χ4n) is 0.862. The summed E-state index contributed by atoms with van der Waals surface area (Å²) in [5.74, 6) is -3.43. The Labute approximate surface area is 78.1 Å². The topological polar surface area (TPSA) is 0 Å². The second-order valence-corrected chi connectivity index (χ2v) is 2.88. The summed E-state index contributed by atoms with van der Waals surface area (Å²) in [4.78, 5) is 0. The normalized spacial score (nSPS) is 14.8. The number of hydrogen-bond donors (Lipinski definition) is 0. The largest absolute Gasteiger partial charge is 0.392 e. The molecule has 0 heterocycles. The lowest BCUT2D eigenvalue weighted by atomic mass is 10.0. The van der Waals surface area contributed by atoms with Crippen molar-refractivity contribution in [2.45, 2.75) is 31.4 Å². The molecule has 0 atom stereocenters. The molecule has 0 unspecified atom stereocenters. The Kier molecular flexibility index (Phi) is 3.92. The Hall–Kier alpha value is -0.630. The van der Waals surface area contributed by atoms with Crippen LogP contribution in [0.4, 0.5) is 39.5 Å². The van der Waals surface area contributed by atoms with Gasteiger partial charge in [-0.1, -0.05) is 0 Å². The number of rotatable bonds is 2. The van der Waals surface area contributed by atoms with Crippen molar-refractivity contribution in [1.29, 1.82) is 0 Å². The van der Waals surface area contributed by atoms with E-state index in [1.54, 1.807) is 0 Å². The van der Waals surface area contributed by atoms with Crippen LogP contribution >= 0.6 is 0 Å². The summed E-state index contributed by atoms with van der Waals surface area (Å²) in [6, 6.07) is 0. The van der Waals surface area contributed by atoms with E-state index in [2.05, 4.69) is 0 Å². The Morgan fingerprint density at radius 1 is 0.600 bits per heavy atom. The molecule has 0 aliphatic rings. The average molecular weight is 248 g/mol. The number of halogens is 9. The van der Waals surface area contributed by atoms with Crippen LogP contribution in [0.15, 0.2) is 0 Å². The molecule has 0 aliphatic carbocycles. The highest BCUT2D eigenvalue weighted by Gasteiger charge is 2.51. The number of alkyl halides is 9. The second kappa shape index (κ2) is 4.09. The molecule has 0 aromatic carbocycles. The highest BCUT2D eigenvalue weighted by Crippen LogP contribution is 2.41. The average Bonchev–Trinajstić information content (AvgIpc) is 1.75. The van der Waals surface area contributed by atoms with E-state index in [1.165, 1.54) is 0 Å². The SMILES string of the molecule is FC(F)(F)CC(CC(F)(F)F)C(F)(F)F. The Morgan fingerprint density at radius 2 is 0.867 bits per heavy atom. The zero-order chi connectivity index (χ0) is 12.5. The minimum absolute atomic E-state index is 2.52. The standard InChI is InChI=1S/C6H5F9/c7-4(8,9)1-3(6(13,14)15)2-5(10,11)12/h3H,1-2H2. The first-order valence-corrected chi connectivity index (χ1v) is 3.51. The van der Waals surface area contributed by atoms with E-state index in [4.69, 9.17) is 0 Å². The summed E-state index contributed by atoms with van der Waals surface area (Å²) in [6.45, 7) is 0. The molecule has 0 amide bonds. The summed E-state index contributed by atoms with van der Waals surface area (Å²) in [7, 11) is 0. The lowest BCUT2D eigenvalue weighted by Crippen LogP contribution is -2.32. The van der Waals surface area contributed by atoms with Crippen molar-refractivity contribution < 1.29 is 39.5 Å². The van der Waals surface area contributed by atoms with Gasteiger partial charge in [-0.25, -0.2) is 0 Å². The highest BCUT2D eigenvalue weighted by atomic mass is 19.4. The molecule has 92 valence electrons. The summed E-state index contributed by atoms with van der Waals surface area (Å²) in [5.41, 5.74) is 0. The molecule has 0 aliphatic heterocycles. The molecule has 15 heavy (non-hydrogen) atoms. The van der Waals surface area contributed by atoms with Crippen LogP contribution in [0, 0.1) is 5.92 Å². The van der Waals surface area contributed by atoms with E-state index < -0.39 is 37.3 Å². The monoisotopic (exact) mass is 248 g/mol. The fourth-order valence-corrected chi connectivity index (χ4v) is 0.862. The molecule has 0 saturated heterocycles. The van der Waals surface area contributed by atoms with Gasteiger partial charge in [-0.15, -0.1) is 0 Å². The lowest BCUT2D eigenvalue weighted by Gasteiger charge is -2.22. The van der Waals surface area contributed by atoms with Crippen LogP contribution in [0.3, 0.4) is 0 Å². The van der Waals surface area contributed by atoms with Crippen molar-refractivity contribution in [2.24, 2.45) is 5.92 Å². The molecule has 9 heteroatoms. The van der Waals surface area contributed by atoms with Crippen molar-refractivity contribution in [1.82, 2.24) is 0 Å². The first kappa shape index (κ1) is 14.4. The Bertz CT molecular complexity index is 178. The predicted octanol–water partition coefficient (Wildman–Crippen LogP) is 4.07.